The first-order valence-electron chi connectivity index (χ1n) is 5.65. The fourth-order valence-corrected chi connectivity index (χ4v) is 1.23. The summed E-state index contributed by atoms with van der Waals surface area (Å²) < 4.78 is 39.0. The lowest BCUT2D eigenvalue weighted by Crippen LogP contribution is -2.30. The number of carbonyl (C=O) groups excluding carboxylic acids is 3. The Morgan fingerprint density at radius 2 is 1.71 bits per heavy atom. The molecule has 0 saturated heterocycles. The average Bonchev–Trinajstić information content (AvgIpc) is 2.38. The number of halogens is 3. The molecule has 0 radical (unpaired) electrons. The molecule has 0 spiro atoms. The van der Waals surface area contributed by atoms with Gasteiger partial charge in [0.2, 0.25) is 0 Å². The first-order chi connectivity index (χ1) is 9.70. The Balaban J connectivity index is 2.36. The molecule has 21 heavy (non-hydrogen) atoms. The maximum Gasteiger partial charge on any atom is 0.491 e. The van der Waals surface area contributed by atoms with Crippen molar-refractivity contribution in [3.8, 4) is 0 Å². The maximum absolute atomic E-state index is 11.8. The predicted octanol–water partition coefficient (Wildman–Crippen LogP) is 1.02. The van der Waals surface area contributed by atoms with E-state index in [1.165, 1.54) is 24.3 Å². The smallest absolute Gasteiger partial charge is 0.399 e. The minimum Gasteiger partial charge on any atom is -0.399 e. The third-order valence-corrected chi connectivity index (χ3v) is 2.23. The Labute approximate surface area is 117 Å². The number of ether oxygens (including phenoxy) is 1. The highest BCUT2D eigenvalue weighted by molar-refractivity contribution is 5.95. The molecule has 114 valence electrons. The molecule has 0 aliphatic heterocycles. The third kappa shape index (κ3) is 5.51. The second kappa shape index (κ2) is 6.73. The second-order valence-corrected chi connectivity index (χ2v) is 3.89. The molecule has 1 amide bonds. The molecule has 0 bridgehead atoms. The summed E-state index contributed by atoms with van der Waals surface area (Å²) in [6.07, 6.45) is -5.80. The molecule has 0 heterocycles. The number of anilines is 1. The number of alkyl halides is 3. The van der Waals surface area contributed by atoms with Gasteiger partial charge in [0, 0.05) is 17.8 Å². The predicted molar refractivity (Wildman–Crippen MR) is 65.0 cm³/mol. The molecule has 1 aromatic rings. The van der Waals surface area contributed by atoms with Crippen LogP contribution in [0.1, 0.15) is 16.8 Å². The Hall–Kier alpha value is -2.58. The van der Waals surface area contributed by atoms with E-state index in [9.17, 15) is 27.6 Å². The molecule has 0 fully saturated rings. The number of carbonyl (C=O) groups is 3. The number of hydrogen-bond donors (Lipinski definition) is 2. The van der Waals surface area contributed by atoms with Gasteiger partial charge >= 0.3 is 18.1 Å². The molecular weight excluding hydrogens is 293 g/mol. The van der Waals surface area contributed by atoms with Gasteiger partial charge in [0.05, 0.1) is 6.42 Å². The van der Waals surface area contributed by atoms with Gasteiger partial charge in [0.15, 0.2) is 0 Å². The largest absolute Gasteiger partial charge is 0.491 e. The number of amides is 1. The van der Waals surface area contributed by atoms with Gasteiger partial charge in [-0.15, -0.1) is 0 Å². The van der Waals surface area contributed by atoms with Crippen LogP contribution in [0.3, 0.4) is 0 Å². The van der Waals surface area contributed by atoms with Crippen LogP contribution < -0.4 is 11.1 Å². The van der Waals surface area contributed by atoms with Crippen LogP contribution in [0, 0.1) is 0 Å². The third-order valence-electron chi connectivity index (χ3n) is 2.23. The van der Waals surface area contributed by atoms with Crippen molar-refractivity contribution in [1.29, 1.82) is 0 Å². The lowest BCUT2D eigenvalue weighted by molar-refractivity contribution is -0.201. The number of rotatable bonds is 4. The normalized spacial score (nSPS) is 10.8. The number of hydrogen-bond acceptors (Lipinski definition) is 5. The number of esters is 2. The van der Waals surface area contributed by atoms with Crippen LogP contribution in [0.5, 0.6) is 0 Å². The van der Waals surface area contributed by atoms with Crippen molar-refractivity contribution in [2.75, 3.05) is 12.3 Å². The van der Waals surface area contributed by atoms with Gasteiger partial charge in [-0.1, -0.05) is 0 Å². The van der Waals surface area contributed by atoms with E-state index < -0.39 is 30.4 Å². The molecule has 1 aromatic carbocycles. The fraction of sp³-hybridized carbons (Fsp3) is 0.250. The van der Waals surface area contributed by atoms with Crippen molar-refractivity contribution in [3.05, 3.63) is 29.8 Å². The number of nitrogens with one attached hydrogen (secondary N) is 1. The topological polar surface area (TPSA) is 98.5 Å². The highest BCUT2D eigenvalue weighted by atomic mass is 19.4. The minimum atomic E-state index is -5.23. The molecule has 0 aromatic heterocycles. The van der Waals surface area contributed by atoms with Crippen molar-refractivity contribution >= 4 is 23.5 Å². The standard InChI is InChI=1S/C12H11F3N2O4/c13-12(14,15)11(20)21-9(18)5-6-17-10(19)7-1-3-8(16)4-2-7/h1-4H,5-6,16H2,(H,17,19). The first kappa shape index (κ1) is 16.5. The van der Waals surface area contributed by atoms with Gasteiger partial charge in [0.25, 0.3) is 5.91 Å². The summed E-state index contributed by atoms with van der Waals surface area (Å²) in [6.45, 7) is -0.271. The molecule has 0 saturated carbocycles. The summed E-state index contributed by atoms with van der Waals surface area (Å²) in [5.41, 5.74) is 6.16. The lowest BCUT2D eigenvalue weighted by atomic mass is 10.2. The Morgan fingerprint density at radius 1 is 1.14 bits per heavy atom. The van der Waals surface area contributed by atoms with E-state index in [0.29, 0.717) is 5.69 Å². The van der Waals surface area contributed by atoms with Gasteiger partial charge in [-0.2, -0.15) is 13.2 Å². The van der Waals surface area contributed by atoms with Gasteiger partial charge in [-0.05, 0) is 24.3 Å². The van der Waals surface area contributed by atoms with Gasteiger partial charge in [-0.25, -0.2) is 4.79 Å². The molecule has 3 N–H and O–H groups in total. The molecule has 0 aliphatic rings. The molecule has 6 nitrogen and oxygen atoms in total. The van der Waals surface area contributed by atoms with Crippen molar-refractivity contribution in [2.24, 2.45) is 0 Å². The number of nitrogen functional groups attached to an aromatic ring is 1. The Bertz CT molecular complexity index is 540. The van der Waals surface area contributed by atoms with Crippen LogP contribution in [0.15, 0.2) is 24.3 Å². The van der Waals surface area contributed by atoms with E-state index in [1.54, 1.807) is 0 Å². The fourth-order valence-electron chi connectivity index (χ4n) is 1.23. The highest BCUT2D eigenvalue weighted by Gasteiger charge is 2.42. The number of benzene rings is 1. The van der Waals surface area contributed by atoms with Crippen LogP contribution in [0.4, 0.5) is 18.9 Å². The minimum absolute atomic E-state index is 0.268. The van der Waals surface area contributed by atoms with Crippen molar-refractivity contribution in [1.82, 2.24) is 5.32 Å². The summed E-state index contributed by atoms with van der Waals surface area (Å²) in [5, 5.41) is 2.29. The van der Waals surface area contributed by atoms with E-state index in [4.69, 9.17) is 5.73 Å². The first-order valence-corrected chi connectivity index (χ1v) is 5.65. The van der Waals surface area contributed by atoms with Crippen molar-refractivity contribution in [2.45, 2.75) is 12.6 Å². The van der Waals surface area contributed by atoms with Gasteiger partial charge in [-0.3, -0.25) is 9.59 Å². The zero-order chi connectivity index (χ0) is 16.0. The van der Waals surface area contributed by atoms with E-state index >= 15 is 0 Å². The molecule has 0 unspecified atom stereocenters. The highest BCUT2D eigenvalue weighted by Crippen LogP contribution is 2.16. The molecule has 9 heteroatoms. The van der Waals surface area contributed by atoms with Crippen molar-refractivity contribution < 1.29 is 32.3 Å². The Morgan fingerprint density at radius 3 is 2.24 bits per heavy atom. The summed E-state index contributed by atoms with van der Waals surface area (Å²) in [4.78, 5) is 32.9. The van der Waals surface area contributed by atoms with E-state index in [1.807, 2.05) is 0 Å². The summed E-state index contributed by atoms with van der Waals surface area (Å²) in [5.74, 6) is -4.50. The van der Waals surface area contributed by atoms with Gasteiger partial charge < -0.3 is 15.8 Å². The lowest BCUT2D eigenvalue weighted by Gasteiger charge is -2.07. The molecule has 0 atom stereocenters. The van der Waals surface area contributed by atoms with Crippen molar-refractivity contribution in [3.63, 3.8) is 0 Å². The Kier molecular flexibility index (Phi) is 5.28. The molecular formula is C12H11F3N2O4. The summed E-state index contributed by atoms with van der Waals surface area (Å²) in [6, 6.07) is 5.86. The van der Waals surface area contributed by atoms with E-state index in [-0.39, 0.29) is 12.1 Å². The maximum atomic E-state index is 11.8. The van der Waals surface area contributed by atoms with Crippen LogP contribution >= 0.6 is 0 Å². The monoisotopic (exact) mass is 304 g/mol. The summed E-state index contributed by atoms with van der Waals surface area (Å²) in [7, 11) is 0. The quantitative estimate of drug-likeness (QED) is 0.491. The zero-order valence-corrected chi connectivity index (χ0v) is 10.6. The number of nitrogens with two attached hydrogens (primary N) is 1. The average molecular weight is 304 g/mol. The van der Waals surface area contributed by atoms with Crippen LogP contribution in [-0.2, 0) is 14.3 Å². The SMILES string of the molecule is Nc1ccc(C(=O)NCCC(=O)OC(=O)C(F)(F)F)cc1. The van der Waals surface area contributed by atoms with Crippen LogP contribution in [0.25, 0.3) is 0 Å². The molecule has 0 aliphatic carbocycles. The van der Waals surface area contributed by atoms with Crippen LogP contribution in [-0.4, -0.2) is 30.6 Å². The zero-order valence-electron chi connectivity index (χ0n) is 10.6. The van der Waals surface area contributed by atoms with Crippen LogP contribution in [0.2, 0.25) is 0 Å². The summed E-state index contributed by atoms with van der Waals surface area (Å²) >= 11 is 0. The molecule has 1 rings (SSSR count). The van der Waals surface area contributed by atoms with Gasteiger partial charge in [0.1, 0.15) is 0 Å². The second-order valence-electron chi connectivity index (χ2n) is 3.89. The van der Waals surface area contributed by atoms with E-state index in [0.717, 1.165) is 0 Å². The van der Waals surface area contributed by atoms with E-state index in [2.05, 4.69) is 10.1 Å².